The van der Waals surface area contributed by atoms with Gasteiger partial charge in [-0.2, -0.15) is 0 Å². The van der Waals surface area contributed by atoms with Crippen molar-refractivity contribution >= 4 is 11.6 Å². The number of ether oxygens (including phenoxy) is 2. The Morgan fingerprint density at radius 2 is 1.67 bits per heavy atom. The lowest BCUT2D eigenvalue weighted by atomic mass is 10.0. The molecule has 0 aromatic heterocycles. The van der Waals surface area contributed by atoms with E-state index in [-0.39, 0.29) is 24.2 Å². The molecule has 1 saturated heterocycles. The van der Waals surface area contributed by atoms with Gasteiger partial charge in [0.2, 0.25) is 5.91 Å². The minimum absolute atomic E-state index is 0.0981. The zero-order valence-electron chi connectivity index (χ0n) is 15.9. The van der Waals surface area contributed by atoms with Crippen molar-refractivity contribution in [1.82, 2.24) is 4.90 Å². The molecule has 1 amide bonds. The Kier molecular flexibility index (Phi) is 5.14. The zero-order chi connectivity index (χ0) is 18.8. The minimum Gasteiger partial charge on any atom is -0.489 e. The number of fused-ring (bicyclic) bond motifs is 1. The molecule has 0 spiro atoms. The van der Waals surface area contributed by atoms with Gasteiger partial charge in [-0.25, -0.2) is 0 Å². The van der Waals surface area contributed by atoms with Crippen LogP contribution in [0.3, 0.4) is 0 Å². The van der Waals surface area contributed by atoms with E-state index >= 15 is 0 Å². The Labute approximate surface area is 160 Å². The lowest BCUT2D eigenvalue weighted by Gasteiger charge is -2.40. The number of para-hydroxylation sites is 2. The highest BCUT2D eigenvalue weighted by Gasteiger charge is 2.34. The molecule has 142 valence electrons. The second kappa shape index (κ2) is 7.71. The molecule has 4 rings (SSSR count). The monoisotopic (exact) mass is 366 g/mol. The van der Waals surface area contributed by atoms with Gasteiger partial charge < -0.3 is 9.47 Å². The number of hydrogen-bond donors (Lipinski definition) is 0. The molecule has 0 bridgehead atoms. The van der Waals surface area contributed by atoms with Crippen molar-refractivity contribution < 1.29 is 14.3 Å². The summed E-state index contributed by atoms with van der Waals surface area (Å²) in [6.07, 6.45) is 0.284. The van der Waals surface area contributed by atoms with Crippen LogP contribution < -0.4 is 9.64 Å². The van der Waals surface area contributed by atoms with Crippen LogP contribution in [-0.2, 0) is 9.53 Å². The Balaban J connectivity index is 1.62. The Morgan fingerprint density at radius 3 is 2.41 bits per heavy atom. The number of benzene rings is 2. The SMILES string of the molecule is CC1CN(CC(=O)N2c3ccccc3OCC2c2ccccc2)CC(C)O1. The van der Waals surface area contributed by atoms with Crippen molar-refractivity contribution in [1.29, 1.82) is 0 Å². The molecule has 3 unspecified atom stereocenters. The van der Waals surface area contributed by atoms with E-state index in [9.17, 15) is 4.79 Å². The van der Waals surface area contributed by atoms with Crippen LogP contribution in [-0.4, -0.2) is 49.3 Å². The molecule has 0 N–H and O–H groups in total. The molecule has 27 heavy (non-hydrogen) atoms. The van der Waals surface area contributed by atoms with E-state index in [2.05, 4.69) is 30.9 Å². The zero-order valence-corrected chi connectivity index (χ0v) is 15.9. The van der Waals surface area contributed by atoms with E-state index in [4.69, 9.17) is 9.47 Å². The van der Waals surface area contributed by atoms with Crippen molar-refractivity contribution in [2.45, 2.75) is 32.1 Å². The Morgan fingerprint density at radius 1 is 1.00 bits per heavy atom. The molecule has 2 heterocycles. The van der Waals surface area contributed by atoms with Crippen LogP contribution in [0.4, 0.5) is 5.69 Å². The second-order valence-corrected chi connectivity index (χ2v) is 7.42. The van der Waals surface area contributed by atoms with Gasteiger partial charge in [-0.15, -0.1) is 0 Å². The molecule has 2 aromatic carbocycles. The first kappa shape index (κ1) is 18.0. The average Bonchev–Trinajstić information content (AvgIpc) is 2.67. The van der Waals surface area contributed by atoms with Gasteiger partial charge >= 0.3 is 0 Å². The first-order valence-corrected chi connectivity index (χ1v) is 9.58. The molecule has 1 fully saturated rings. The number of carbonyl (C=O) groups is 1. The fourth-order valence-corrected chi connectivity index (χ4v) is 4.10. The molecule has 2 aliphatic rings. The molecule has 0 saturated carbocycles. The number of anilines is 1. The fraction of sp³-hybridized carbons (Fsp3) is 0.409. The number of amides is 1. The normalized spacial score (nSPS) is 25.6. The van der Waals surface area contributed by atoms with E-state index in [1.165, 1.54) is 0 Å². The highest BCUT2D eigenvalue weighted by Crippen LogP contribution is 2.39. The number of rotatable bonds is 3. The van der Waals surface area contributed by atoms with Crippen molar-refractivity contribution in [3.63, 3.8) is 0 Å². The van der Waals surface area contributed by atoms with Gasteiger partial charge in [0, 0.05) is 13.1 Å². The molecule has 5 nitrogen and oxygen atoms in total. The topological polar surface area (TPSA) is 42.0 Å². The number of morpholine rings is 1. The first-order chi connectivity index (χ1) is 13.1. The number of nitrogens with zero attached hydrogens (tertiary/aromatic N) is 2. The van der Waals surface area contributed by atoms with E-state index in [0.29, 0.717) is 13.2 Å². The van der Waals surface area contributed by atoms with Gasteiger partial charge in [0.1, 0.15) is 12.4 Å². The largest absolute Gasteiger partial charge is 0.489 e. The summed E-state index contributed by atoms with van der Waals surface area (Å²) in [5, 5.41) is 0. The van der Waals surface area contributed by atoms with Crippen LogP contribution in [0, 0.1) is 0 Å². The van der Waals surface area contributed by atoms with Gasteiger partial charge in [-0.3, -0.25) is 14.6 Å². The summed E-state index contributed by atoms with van der Waals surface area (Å²) in [6.45, 7) is 6.52. The molecular formula is C22H26N2O3. The smallest absolute Gasteiger partial charge is 0.241 e. The first-order valence-electron chi connectivity index (χ1n) is 9.58. The summed E-state index contributed by atoms with van der Waals surface area (Å²) < 4.78 is 11.8. The highest BCUT2D eigenvalue weighted by molar-refractivity contribution is 5.97. The highest BCUT2D eigenvalue weighted by atomic mass is 16.5. The Hall–Kier alpha value is -2.37. The van der Waals surface area contributed by atoms with Crippen LogP contribution in [0.25, 0.3) is 0 Å². The summed E-state index contributed by atoms with van der Waals surface area (Å²) in [7, 11) is 0. The van der Waals surface area contributed by atoms with Gasteiger partial charge in [0.15, 0.2) is 0 Å². The molecule has 2 aliphatic heterocycles. The molecule has 0 aliphatic carbocycles. The third-order valence-corrected chi connectivity index (χ3v) is 5.14. The van der Waals surface area contributed by atoms with Crippen molar-refractivity contribution in [2.75, 3.05) is 31.1 Å². The van der Waals surface area contributed by atoms with E-state index in [1.54, 1.807) is 0 Å². The van der Waals surface area contributed by atoms with Gasteiger partial charge in [-0.05, 0) is 31.5 Å². The van der Waals surface area contributed by atoms with E-state index in [1.807, 2.05) is 47.4 Å². The van der Waals surface area contributed by atoms with Gasteiger partial charge in [0.05, 0.1) is 30.5 Å². The van der Waals surface area contributed by atoms with Gasteiger partial charge in [0.25, 0.3) is 0 Å². The summed E-state index contributed by atoms with van der Waals surface area (Å²) in [5.41, 5.74) is 1.93. The average molecular weight is 366 g/mol. The lowest BCUT2D eigenvalue weighted by Crippen LogP contribution is -2.51. The molecule has 5 heteroatoms. The third kappa shape index (κ3) is 3.84. The summed E-state index contributed by atoms with van der Waals surface area (Å²) >= 11 is 0. The maximum absolute atomic E-state index is 13.4. The van der Waals surface area contributed by atoms with Crippen LogP contribution in [0.1, 0.15) is 25.5 Å². The Bertz CT molecular complexity index is 785. The van der Waals surface area contributed by atoms with Crippen LogP contribution in [0.15, 0.2) is 54.6 Å². The molecule has 2 aromatic rings. The maximum atomic E-state index is 13.4. The molecule has 3 atom stereocenters. The van der Waals surface area contributed by atoms with Crippen LogP contribution in [0.2, 0.25) is 0 Å². The number of hydrogen-bond acceptors (Lipinski definition) is 4. The van der Waals surface area contributed by atoms with E-state index in [0.717, 1.165) is 30.1 Å². The van der Waals surface area contributed by atoms with Crippen molar-refractivity contribution in [3.05, 3.63) is 60.2 Å². The quantitative estimate of drug-likeness (QED) is 0.836. The second-order valence-electron chi connectivity index (χ2n) is 7.42. The summed E-state index contributed by atoms with van der Waals surface area (Å²) in [5.74, 6) is 0.864. The van der Waals surface area contributed by atoms with E-state index < -0.39 is 0 Å². The lowest BCUT2D eigenvalue weighted by molar-refractivity contribution is -0.124. The van der Waals surface area contributed by atoms with Crippen LogP contribution in [0.5, 0.6) is 5.75 Å². The summed E-state index contributed by atoms with van der Waals surface area (Å²) in [4.78, 5) is 17.5. The molecular weight excluding hydrogens is 340 g/mol. The summed E-state index contributed by atoms with van der Waals surface area (Å²) in [6, 6.07) is 17.8. The maximum Gasteiger partial charge on any atom is 0.241 e. The van der Waals surface area contributed by atoms with Gasteiger partial charge in [-0.1, -0.05) is 42.5 Å². The predicted molar refractivity (Wildman–Crippen MR) is 105 cm³/mol. The fourth-order valence-electron chi connectivity index (χ4n) is 4.10. The standard InChI is InChI=1S/C22H26N2O3/c1-16-12-23(13-17(2)27-16)14-22(25)24-19-10-6-7-11-21(19)26-15-20(24)18-8-4-3-5-9-18/h3-11,16-17,20H,12-15H2,1-2H3. The molecule has 0 radical (unpaired) electrons. The van der Waals surface area contributed by atoms with Crippen LogP contribution >= 0.6 is 0 Å². The third-order valence-electron chi connectivity index (χ3n) is 5.14. The minimum atomic E-state index is -0.121. The van der Waals surface area contributed by atoms with Crippen molar-refractivity contribution in [2.24, 2.45) is 0 Å². The number of carbonyl (C=O) groups excluding carboxylic acids is 1. The van der Waals surface area contributed by atoms with Crippen molar-refractivity contribution in [3.8, 4) is 5.75 Å². The predicted octanol–water partition coefficient (Wildman–Crippen LogP) is 3.26.